The van der Waals surface area contributed by atoms with E-state index < -0.39 is 5.54 Å². The third kappa shape index (κ3) is 3.69. The van der Waals surface area contributed by atoms with Crippen molar-refractivity contribution in [2.75, 3.05) is 6.54 Å². The summed E-state index contributed by atoms with van der Waals surface area (Å²) in [6.07, 6.45) is 11.2. The molecule has 0 spiro atoms. The topological polar surface area (TPSA) is 68.0 Å². The van der Waals surface area contributed by atoms with Crippen LogP contribution in [0.5, 0.6) is 0 Å². The number of thiazole rings is 1. The smallest absolute Gasteiger partial charge is 0.240 e. The van der Waals surface area contributed by atoms with Crippen molar-refractivity contribution >= 4 is 17.2 Å². The van der Waals surface area contributed by atoms with Crippen LogP contribution in [0.3, 0.4) is 0 Å². The van der Waals surface area contributed by atoms with Crippen LogP contribution in [-0.2, 0) is 11.2 Å². The Hall–Kier alpha value is -0.940. The molecule has 1 heterocycles. The van der Waals surface area contributed by atoms with Gasteiger partial charge in [0.25, 0.3) is 0 Å². The maximum absolute atomic E-state index is 12.2. The lowest BCUT2D eigenvalue weighted by molar-refractivity contribution is -0.126. The van der Waals surface area contributed by atoms with Gasteiger partial charge >= 0.3 is 0 Å². The number of aromatic nitrogens is 1. The first-order valence-electron chi connectivity index (χ1n) is 8.69. The van der Waals surface area contributed by atoms with Crippen LogP contribution < -0.4 is 11.1 Å². The minimum atomic E-state index is -0.615. The van der Waals surface area contributed by atoms with E-state index in [4.69, 9.17) is 10.7 Å². The van der Waals surface area contributed by atoms with E-state index in [1.165, 1.54) is 37.8 Å². The Bertz CT molecular complexity index is 502. The number of carbonyl (C=O) groups excluding carboxylic acids is 1. The van der Waals surface area contributed by atoms with Gasteiger partial charge in [0.1, 0.15) is 0 Å². The molecule has 1 aromatic heterocycles. The Kier molecular flexibility index (Phi) is 5.14. The molecule has 3 rings (SSSR count). The second-order valence-corrected chi connectivity index (χ2v) is 7.81. The lowest BCUT2D eigenvalue weighted by Gasteiger charge is -2.22. The largest absolute Gasteiger partial charge is 0.354 e. The summed E-state index contributed by atoms with van der Waals surface area (Å²) in [5.74, 6) is 0.688. The fraction of sp³-hybridized carbons (Fsp3) is 0.765. The van der Waals surface area contributed by atoms with Crippen LogP contribution in [0.1, 0.15) is 74.4 Å². The van der Waals surface area contributed by atoms with Crippen LogP contribution in [0.4, 0.5) is 0 Å². The molecule has 0 unspecified atom stereocenters. The molecule has 0 saturated heterocycles. The molecule has 5 heteroatoms. The van der Waals surface area contributed by atoms with Gasteiger partial charge in [-0.05, 0) is 25.7 Å². The highest BCUT2D eigenvalue weighted by atomic mass is 32.1. The van der Waals surface area contributed by atoms with Crippen LogP contribution in [-0.4, -0.2) is 23.0 Å². The summed E-state index contributed by atoms with van der Waals surface area (Å²) < 4.78 is 0. The summed E-state index contributed by atoms with van der Waals surface area (Å²) in [4.78, 5) is 16.9. The van der Waals surface area contributed by atoms with Gasteiger partial charge < -0.3 is 11.1 Å². The van der Waals surface area contributed by atoms with Crippen molar-refractivity contribution in [3.63, 3.8) is 0 Å². The number of carbonyl (C=O) groups is 1. The van der Waals surface area contributed by atoms with Crippen molar-refractivity contribution < 1.29 is 4.79 Å². The average molecular weight is 321 g/mol. The van der Waals surface area contributed by atoms with Gasteiger partial charge in [0.05, 0.1) is 16.2 Å². The van der Waals surface area contributed by atoms with Gasteiger partial charge in [-0.2, -0.15) is 0 Å². The van der Waals surface area contributed by atoms with Gasteiger partial charge in [-0.3, -0.25) is 4.79 Å². The number of hydrogen-bond donors (Lipinski definition) is 2. The summed E-state index contributed by atoms with van der Waals surface area (Å²) in [5, 5.41) is 6.36. The van der Waals surface area contributed by atoms with Crippen molar-refractivity contribution in [1.29, 1.82) is 0 Å². The zero-order chi connectivity index (χ0) is 15.4. The maximum Gasteiger partial charge on any atom is 0.240 e. The van der Waals surface area contributed by atoms with Gasteiger partial charge in [-0.1, -0.05) is 32.1 Å². The molecule has 1 aromatic rings. The van der Waals surface area contributed by atoms with Gasteiger partial charge in [0, 0.05) is 24.3 Å². The molecular weight excluding hydrogens is 294 g/mol. The Morgan fingerprint density at radius 1 is 1.27 bits per heavy atom. The fourth-order valence-corrected chi connectivity index (χ4v) is 4.60. The maximum atomic E-state index is 12.2. The number of nitrogens with two attached hydrogens (primary N) is 1. The molecule has 2 aliphatic rings. The highest BCUT2D eigenvalue weighted by Gasteiger charge is 2.36. The van der Waals surface area contributed by atoms with E-state index >= 15 is 0 Å². The monoisotopic (exact) mass is 321 g/mol. The van der Waals surface area contributed by atoms with Gasteiger partial charge in [0.15, 0.2) is 0 Å². The van der Waals surface area contributed by atoms with E-state index in [1.807, 2.05) is 0 Å². The molecule has 0 aromatic carbocycles. The SMILES string of the molecule is NC1(C(=O)NCCc2nc(C3CCCCC3)cs2)CCCC1. The number of rotatable bonds is 5. The molecular formula is C17H27N3OS. The second kappa shape index (κ2) is 7.09. The van der Waals surface area contributed by atoms with E-state index in [2.05, 4.69) is 10.7 Å². The zero-order valence-corrected chi connectivity index (χ0v) is 14.1. The molecule has 0 radical (unpaired) electrons. The molecule has 2 aliphatic carbocycles. The lowest BCUT2D eigenvalue weighted by atomic mass is 9.87. The number of nitrogens with zero attached hydrogens (tertiary/aromatic N) is 1. The van der Waals surface area contributed by atoms with E-state index in [1.54, 1.807) is 11.3 Å². The third-order valence-electron chi connectivity index (χ3n) is 5.17. The van der Waals surface area contributed by atoms with Crippen LogP contribution >= 0.6 is 11.3 Å². The van der Waals surface area contributed by atoms with Crippen molar-refractivity contribution in [3.8, 4) is 0 Å². The summed E-state index contributed by atoms with van der Waals surface area (Å²) in [7, 11) is 0. The first kappa shape index (κ1) is 15.9. The van der Waals surface area contributed by atoms with E-state index in [9.17, 15) is 4.79 Å². The minimum absolute atomic E-state index is 0.0223. The van der Waals surface area contributed by atoms with Crippen molar-refractivity contribution in [3.05, 3.63) is 16.1 Å². The fourth-order valence-electron chi connectivity index (χ4n) is 3.72. The molecule has 0 aliphatic heterocycles. The van der Waals surface area contributed by atoms with E-state index in [0.717, 1.165) is 37.1 Å². The predicted octanol–water partition coefficient (Wildman–Crippen LogP) is 3.12. The molecule has 0 bridgehead atoms. The van der Waals surface area contributed by atoms with Crippen LogP contribution in [0.15, 0.2) is 5.38 Å². The molecule has 1 amide bonds. The van der Waals surface area contributed by atoms with Crippen molar-refractivity contribution in [2.45, 2.75) is 75.7 Å². The molecule has 0 atom stereocenters. The van der Waals surface area contributed by atoms with Gasteiger partial charge in [-0.25, -0.2) is 4.98 Å². The highest BCUT2D eigenvalue weighted by Crippen LogP contribution is 2.33. The van der Waals surface area contributed by atoms with Gasteiger partial charge in [0.2, 0.25) is 5.91 Å². The van der Waals surface area contributed by atoms with Crippen LogP contribution in [0.25, 0.3) is 0 Å². The number of amides is 1. The first-order valence-corrected chi connectivity index (χ1v) is 9.57. The summed E-state index contributed by atoms with van der Waals surface area (Å²) in [6.45, 7) is 0.648. The number of nitrogens with one attached hydrogen (secondary N) is 1. The second-order valence-electron chi connectivity index (χ2n) is 6.87. The molecule has 122 valence electrons. The molecule has 2 saturated carbocycles. The standard InChI is InChI=1S/C17H27N3OS/c18-17(9-4-5-10-17)16(21)19-11-8-15-20-14(12-22-15)13-6-2-1-3-7-13/h12-13H,1-11,18H2,(H,19,21). The summed E-state index contributed by atoms with van der Waals surface area (Å²) in [5.41, 5.74) is 6.82. The van der Waals surface area contributed by atoms with Crippen molar-refractivity contribution in [2.24, 2.45) is 5.73 Å². The zero-order valence-electron chi connectivity index (χ0n) is 13.3. The predicted molar refractivity (Wildman–Crippen MR) is 90.0 cm³/mol. The van der Waals surface area contributed by atoms with E-state index in [0.29, 0.717) is 12.5 Å². The summed E-state index contributed by atoms with van der Waals surface area (Å²) in [6, 6.07) is 0. The molecule has 2 fully saturated rings. The molecule has 3 N–H and O–H groups in total. The Morgan fingerprint density at radius 2 is 2.00 bits per heavy atom. The van der Waals surface area contributed by atoms with Crippen LogP contribution in [0.2, 0.25) is 0 Å². The normalized spacial score (nSPS) is 21.9. The lowest BCUT2D eigenvalue weighted by Crippen LogP contribution is -2.52. The number of hydrogen-bond acceptors (Lipinski definition) is 4. The van der Waals surface area contributed by atoms with E-state index in [-0.39, 0.29) is 5.91 Å². The van der Waals surface area contributed by atoms with Gasteiger partial charge in [-0.15, -0.1) is 11.3 Å². The molecule has 4 nitrogen and oxygen atoms in total. The minimum Gasteiger partial charge on any atom is -0.354 e. The van der Waals surface area contributed by atoms with Crippen LogP contribution in [0, 0.1) is 0 Å². The van der Waals surface area contributed by atoms with Crippen molar-refractivity contribution in [1.82, 2.24) is 10.3 Å². The Balaban J connectivity index is 1.45. The Morgan fingerprint density at radius 3 is 2.73 bits per heavy atom. The summed E-state index contributed by atoms with van der Waals surface area (Å²) >= 11 is 1.73. The third-order valence-corrected chi connectivity index (χ3v) is 6.09. The average Bonchev–Trinajstić information content (AvgIpc) is 3.18. The first-order chi connectivity index (χ1) is 10.7. The molecule has 22 heavy (non-hydrogen) atoms. The Labute approximate surface area is 136 Å². The highest BCUT2D eigenvalue weighted by molar-refractivity contribution is 7.09. The quantitative estimate of drug-likeness (QED) is 0.875.